The molecule has 1 aromatic heterocycles. The van der Waals surface area contributed by atoms with Crippen molar-refractivity contribution in [2.24, 2.45) is 0 Å². The van der Waals surface area contributed by atoms with Gasteiger partial charge in [0.15, 0.2) is 0 Å². The van der Waals surface area contributed by atoms with Gasteiger partial charge in [0.05, 0.1) is 21.9 Å². The van der Waals surface area contributed by atoms with E-state index < -0.39 is 25.9 Å². The van der Waals surface area contributed by atoms with Crippen molar-refractivity contribution in [3.05, 3.63) is 56.8 Å². The molecular weight excluding hydrogens is 382 g/mol. The molecule has 0 fully saturated rings. The maximum atomic E-state index is 12.9. The first-order valence-electron chi connectivity index (χ1n) is 11.0. The molecule has 0 saturated carbocycles. The van der Waals surface area contributed by atoms with E-state index >= 15 is 0 Å². The lowest BCUT2D eigenvalue weighted by Gasteiger charge is -2.18. The zero-order valence-corrected chi connectivity index (χ0v) is 19.3. The molecule has 6 nitrogen and oxygen atoms in total. The molecule has 0 aliphatic heterocycles. The maximum absolute atomic E-state index is 12.9. The number of aromatic nitrogens is 3. The summed E-state index contributed by atoms with van der Waals surface area (Å²) in [5, 5.41) is 0. The van der Waals surface area contributed by atoms with Crippen LogP contribution >= 0.6 is 0 Å². The monoisotopic (exact) mass is 420 g/mol. The van der Waals surface area contributed by atoms with Gasteiger partial charge in [-0.1, -0.05) is 89.5 Å². The van der Waals surface area contributed by atoms with Gasteiger partial charge in [0.1, 0.15) is 0 Å². The normalized spacial score (nSPS) is 11.1. The molecule has 0 N–H and O–H groups in total. The number of unbranched alkanes of at least 4 members (excludes halogenated alkanes) is 6. The Morgan fingerprint density at radius 3 is 1.48 bits per heavy atom. The van der Waals surface area contributed by atoms with Crippen LogP contribution in [-0.4, -0.2) is 22.5 Å². The SMILES string of the molecule is C=CCn1c(=O)n(CC=C)c(=O)n(C[Si](CCCCCC)CCCCCC)c1=O. The fourth-order valence-corrected chi connectivity index (χ4v) is 6.28. The van der Waals surface area contributed by atoms with Crippen LogP contribution in [0, 0.1) is 0 Å². The van der Waals surface area contributed by atoms with E-state index in [-0.39, 0.29) is 13.1 Å². The lowest BCUT2D eigenvalue weighted by Crippen LogP contribution is -2.55. The minimum absolute atomic E-state index is 0.101. The van der Waals surface area contributed by atoms with Crippen LogP contribution in [0.2, 0.25) is 12.1 Å². The third kappa shape index (κ3) is 7.80. The van der Waals surface area contributed by atoms with E-state index in [4.69, 9.17) is 0 Å². The second kappa shape index (κ2) is 14.1. The van der Waals surface area contributed by atoms with E-state index in [0.29, 0.717) is 6.17 Å². The van der Waals surface area contributed by atoms with Gasteiger partial charge in [-0.2, -0.15) is 0 Å². The highest BCUT2D eigenvalue weighted by molar-refractivity contribution is 6.57. The largest absolute Gasteiger partial charge is 0.336 e. The smallest absolute Gasteiger partial charge is 0.248 e. The van der Waals surface area contributed by atoms with Crippen LogP contribution in [0.15, 0.2) is 39.7 Å². The van der Waals surface area contributed by atoms with Crippen LogP contribution in [0.3, 0.4) is 0 Å². The topological polar surface area (TPSA) is 66.0 Å². The quantitative estimate of drug-likeness (QED) is 0.232. The summed E-state index contributed by atoms with van der Waals surface area (Å²) in [5.74, 6) is 0. The molecule has 0 bridgehead atoms. The van der Waals surface area contributed by atoms with Gasteiger partial charge in [0, 0.05) is 6.17 Å². The average molecular weight is 421 g/mol. The van der Waals surface area contributed by atoms with Gasteiger partial charge < -0.3 is 0 Å². The molecule has 0 amide bonds. The molecule has 0 saturated heterocycles. The van der Waals surface area contributed by atoms with Crippen LogP contribution < -0.4 is 17.1 Å². The molecule has 163 valence electrons. The first-order chi connectivity index (χ1) is 14.0. The number of rotatable bonds is 16. The lowest BCUT2D eigenvalue weighted by atomic mass is 10.2. The van der Waals surface area contributed by atoms with Crippen molar-refractivity contribution < 1.29 is 0 Å². The molecule has 0 spiro atoms. The summed E-state index contributed by atoms with van der Waals surface area (Å²) in [6.07, 6.45) is 13.0. The molecule has 1 heterocycles. The van der Waals surface area contributed by atoms with E-state index in [1.54, 1.807) is 0 Å². The average Bonchev–Trinajstić information content (AvgIpc) is 2.71. The number of hydrogen-bond acceptors (Lipinski definition) is 3. The second-order valence-electron chi connectivity index (χ2n) is 7.60. The zero-order valence-electron chi connectivity index (χ0n) is 18.3. The molecule has 1 radical (unpaired) electrons. The molecule has 0 aliphatic rings. The molecule has 0 aromatic carbocycles. The molecule has 29 heavy (non-hydrogen) atoms. The highest BCUT2D eigenvalue weighted by Gasteiger charge is 2.19. The van der Waals surface area contributed by atoms with Gasteiger partial charge in [0.2, 0.25) is 0 Å². The summed E-state index contributed by atoms with van der Waals surface area (Å²) < 4.78 is 3.50. The summed E-state index contributed by atoms with van der Waals surface area (Å²) in [7, 11) is -0.894. The highest BCUT2D eigenvalue weighted by atomic mass is 28.3. The standard InChI is InChI=1S/C22H38N3O3Si/c1-5-9-11-13-17-29(18-14-12-10-6-2)19-25-21(27)23(15-7-3)20(26)24(16-8-4)22(25)28/h7-8H,3-6,9-19H2,1-2H3. The van der Waals surface area contributed by atoms with Crippen molar-refractivity contribution >= 4 is 8.80 Å². The lowest BCUT2D eigenvalue weighted by molar-refractivity contribution is 0.507. The first-order valence-corrected chi connectivity index (χ1v) is 13.1. The van der Waals surface area contributed by atoms with Crippen LogP contribution in [0.1, 0.15) is 65.2 Å². The Balaban J connectivity index is 3.18. The molecule has 1 rings (SSSR count). The first kappa shape index (κ1) is 25.1. The Kier molecular flexibility index (Phi) is 12.3. The van der Waals surface area contributed by atoms with Crippen LogP contribution in [0.5, 0.6) is 0 Å². The summed E-state index contributed by atoms with van der Waals surface area (Å²) in [5.41, 5.74) is -1.61. The van der Waals surface area contributed by atoms with Gasteiger partial charge in [-0.25, -0.2) is 28.1 Å². The van der Waals surface area contributed by atoms with Crippen molar-refractivity contribution in [3.8, 4) is 0 Å². The summed E-state index contributed by atoms with van der Waals surface area (Å²) in [6, 6.07) is 2.20. The predicted octanol–water partition coefficient (Wildman–Crippen LogP) is 3.74. The molecular formula is C22H38N3O3Si. The number of allylic oxidation sites excluding steroid dienone is 2. The Labute approximate surface area is 176 Å². The fraction of sp³-hybridized carbons (Fsp3) is 0.682. The molecule has 1 aromatic rings. The number of nitrogens with zero attached hydrogens (tertiary/aromatic N) is 3. The fourth-order valence-electron chi connectivity index (χ4n) is 3.50. The summed E-state index contributed by atoms with van der Waals surface area (Å²) in [6.45, 7) is 11.9. The minimum atomic E-state index is -0.894. The third-order valence-corrected chi connectivity index (χ3v) is 8.04. The van der Waals surface area contributed by atoms with Crippen molar-refractivity contribution in [3.63, 3.8) is 0 Å². The van der Waals surface area contributed by atoms with Crippen molar-refractivity contribution in [2.75, 3.05) is 0 Å². The van der Waals surface area contributed by atoms with Crippen LogP contribution in [0.25, 0.3) is 0 Å². The summed E-state index contributed by atoms with van der Waals surface area (Å²) >= 11 is 0. The van der Waals surface area contributed by atoms with E-state index in [1.165, 1.54) is 55.2 Å². The molecule has 0 atom stereocenters. The van der Waals surface area contributed by atoms with Gasteiger partial charge in [-0.05, 0) is 0 Å². The molecule has 0 aliphatic carbocycles. The number of hydrogen-bond donors (Lipinski definition) is 0. The molecule has 0 unspecified atom stereocenters. The molecule has 7 heteroatoms. The Hall–Kier alpha value is -1.89. The van der Waals surface area contributed by atoms with Crippen LogP contribution in [-0.2, 0) is 19.3 Å². The third-order valence-electron chi connectivity index (χ3n) is 5.16. The summed E-state index contributed by atoms with van der Waals surface area (Å²) in [4.78, 5) is 38.3. The second-order valence-corrected chi connectivity index (χ2v) is 10.4. The minimum Gasteiger partial charge on any atom is -0.248 e. The predicted molar refractivity (Wildman–Crippen MR) is 123 cm³/mol. The highest BCUT2D eigenvalue weighted by Crippen LogP contribution is 2.14. The zero-order chi connectivity index (χ0) is 21.6. The van der Waals surface area contributed by atoms with Crippen molar-refractivity contribution in [1.82, 2.24) is 13.7 Å². The van der Waals surface area contributed by atoms with Crippen molar-refractivity contribution in [2.45, 2.75) is 96.6 Å². The van der Waals surface area contributed by atoms with E-state index in [0.717, 1.165) is 34.1 Å². The van der Waals surface area contributed by atoms with Gasteiger partial charge in [0.25, 0.3) is 0 Å². The van der Waals surface area contributed by atoms with E-state index in [9.17, 15) is 14.4 Å². The van der Waals surface area contributed by atoms with Gasteiger partial charge >= 0.3 is 17.1 Å². The Morgan fingerprint density at radius 1 is 0.690 bits per heavy atom. The van der Waals surface area contributed by atoms with E-state index in [1.807, 2.05) is 0 Å². The Morgan fingerprint density at radius 2 is 1.10 bits per heavy atom. The van der Waals surface area contributed by atoms with Crippen molar-refractivity contribution in [1.29, 1.82) is 0 Å². The van der Waals surface area contributed by atoms with Gasteiger partial charge in [-0.3, -0.25) is 0 Å². The van der Waals surface area contributed by atoms with E-state index in [2.05, 4.69) is 27.0 Å². The van der Waals surface area contributed by atoms with Gasteiger partial charge in [-0.15, -0.1) is 13.2 Å². The Bertz CT molecular complexity index is 747. The van der Waals surface area contributed by atoms with Crippen LogP contribution in [0.4, 0.5) is 0 Å². The maximum Gasteiger partial charge on any atom is 0.336 e.